The van der Waals surface area contributed by atoms with E-state index in [4.69, 9.17) is 0 Å². The van der Waals surface area contributed by atoms with Crippen LogP contribution in [-0.4, -0.2) is 0 Å². The molecule has 0 unspecified atom stereocenters. The van der Waals surface area contributed by atoms with E-state index in [9.17, 15) is 0 Å². The Morgan fingerprint density at radius 1 is 0.321 bits per heavy atom. The number of hydrogen-bond acceptors (Lipinski definition) is 2. The molecule has 0 saturated carbocycles. The van der Waals surface area contributed by atoms with Crippen LogP contribution in [0.25, 0.3) is 32.3 Å². The summed E-state index contributed by atoms with van der Waals surface area (Å²) in [6, 6.07) is 54.7. The lowest BCUT2D eigenvalue weighted by molar-refractivity contribution is 0.998. The maximum atomic E-state index is 2.43. The highest BCUT2D eigenvalue weighted by Gasteiger charge is 2.22. The van der Waals surface area contributed by atoms with Gasteiger partial charge in [-0.2, -0.15) is 0 Å². The Labute approximate surface area is 340 Å². The summed E-state index contributed by atoms with van der Waals surface area (Å²) in [6.45, 7) is 24.0. The SMILES string of the molecule is C1=CC(N(c2ccccc2)c2cc3c4ccccc4c(N(c4ccccc4)c4ccccc4)cc3c3ccccc23)=CCC1.CC.CC.CC.CC.CC.CC. The van der Waals surface area contributed by atoms with Crippen molar-refractivity contribution < 1.29 is 0 Å². The normalized spacial score (nSPS) is 10.8. The second-order valence-corrected chi connectivity index (χ2v) is 11.3. The fraction of sp³-hybridized carbons (Fsp3) is 0.259. The highest BCUT2D eigenvalue weighted by molar-refractivity contribution is 6.24. The quantitative estimate of drug-likeness (QED) is 0.156. The van der Waals surface area contributed by atoms with Crippen molar-refractivity contribution in [2.75, 3.05) is 9.80 Å². The lowest BCUT2D eigenvalue weighted by Gasteiger charge is -2.30. The maximum Gasteiger partial charge on any atom is 0.0546 e. The third kappa shape index (κ3) is 10.8. The zero-order chi connectivity index (χ0) is 41.3. The molecule has 1 aliphatic carbocycles. The summed E-state index contributed by atoms with van der Waals surface area (Å²) in [5.41, 5.74) is 7.01. The molecule has 2 heteroatoms. The summed E-state index contributed by atoms with van der Waals surface area (Å²) in [4.78, 5) is 4.82. The molecule has 7 aromatic rings. The van der Waals surface area contributed by atoms with E-state index < -0.39 is 0 Å². The number of rotatable bonds is 6. The molecule has 0 bridgehead atoms. The Hall–Kier alpha value is -5.60. The van der Waals surface area contributed by atoms with Crippen molar-refractivity contribution in [2.45, 2.75) is 95.9 Å². The summed E-state index contributed by atoms with van der Waals surface area (Å²) in [6.07, 6.45) is 9.05. The first-order valence-electron chi connectivity index (χ1n) is 21.4. The molecule has 2 nitrogen and oxygen atoms in total. The van der Waals surface area contributed by atoms with Crippen molar-refractivity contribution in [2.24, 2.45) is 0 Å². The summed E-state index contributed by atoms with van der Waals surface area (Å²) < 4.78 is 0. The molecular formula is C54H68N2. The fourth-order valence-corrected chi connectivity index (χ4v) is 6.63. The van der Waals surface area contributed by atoms with E-state index in [1.807, 2.05) is 83.1 Å². The molecule has 0 aromatic heterocycles. The molecule has 0 spiro atoms. The zero-order valence-corrected chi connectivity index (χ0v) is 36.5. The van der Waals surface area contributed by atoms with Crippen LogP contribution in [0, 0.1) is 0 Å². The molecule has 0 saturated heterocycles. The molecule has 0 amide bonds. The summed E-state index contributed by atoms with van der Waals surface area (Å²) in [5.74, 6) is 0. The average molecular weight is 745 g/mol. The Kier molecular flexibility index (Phi) is 21.8. The first kappa shape index (κ1) is 46.6. The number of nitrogens with zero attached hydrogens (tertiary/aromatic N) is 2. The molecule has 0 aliphatic heterocycles. The monoisotopic (exact) mass is 745 g/mol. The molecule has 1 aliphatic rings. The van der Waals surface area contributed by atoms with Crippen LogP contribution in [0.15, 0.2) is 176 Å². The number of para-hydroxylation sites is 3. The number of benzene rings is 7. The smallest absolute Gasteiger partial charge is 0.0546 e. The second kappa shape index (κ2) is 26.2. The molecule has 56 heavy (non-hydrogen) atoms. The molecule has 0 radical (unpaired) electrons. The van der Waals surface area contributed by atoms with Gasteiger partial charge in [0.15, 0.2) is 0 Å². The van der Waals surface area contributed by atoms with Gasteiger partial charge in [0, 0.05) is 33.5 Å². The van der Waals surface area contributed by atoms with Crippen LogP contribution in [0.1, 0.15) is 95.9 Å². The first-order valence-corrected chi connectivity index (χ1v) is 21.4. The number of fused-ring (bicyclic) bond motifs is 5. The zero-order valence-electron chi connectivity index (χ0n) is 36.5. The third-order valence-electron chi connectivity index (χ3n) is 8.60. The largest absolute Gasteiger partial charge is 0.310 e. The van der Waals surface area contributed by atoms with Crippen molar-refractivity contribution in [3.63, 3.8) is 0 Å². The van der Waals surface area contributed by atoms with Crippen molar-refractivity contribution in [1.29, 1.82) is 0 Å². The minimum atomic E-state index is 1.04. The van der Waals surface area contributed by atoms with Crippen LogP contribution in [0.2, 0.25) is 0 Å². The van der Waals surface area contributed by atoms with Gasteiger partial charge in [0.25, 0.3) is 0 Å². The Morgan fingerprint density at radius 3 is 1.00 bits per heavy atom. The van der Waals surface area contributed by atoms with E-state index in [1.165, 1.54) is 49.4 Å². The summed E-state index contributed by atoms with van der Waals surface area (Å²) >= 11 is 0. The van der Waals surface area contributed by atoms with Gasteiger partial charge in [-0.05, 0) is 89.0 Å². The maximum absolute atomic E-state index is 2.43. The molecule has 7 aromatic carbocycles. The van der Waals surface area contributed by atoms with Crippen LogP contribution in [-0.2, 0) is 0 Å². The predicted octanol–water partition coefficient (Wildman–Crippen LogP) is 18.1. The van der Waals surface area contributed by atoms with Crippen molar-refractivity contribution in [3.8, 4) is 0 Å². The highest BCUT2D eigenvalue weighted by Crippen LogP contribution is 2.46. The number of hydrogen-bond donors (Lipinski definition) is 0. The van der Waals surface area contributed by atoms with Gasteiger partial charge in [-0.25, -0.2) is 0 Å². The van der Waals surface area contributed by atoms with Crippen LogP contribution in [0.4, 0.5) is 28.4 Å². The summed E-state index contributed by atoms with van der Waals surface area (Å²) in [5, 5.41) is 7.43. The van der Waals surface area contributed by atoms with E-state index in [0.29, 0.717) is 0 Å². The van der Waals surface area contributed by atoms with Crippen molar-refractivity contribution >= 4 is 60.8 Å². The summed E-state index contributed by atoms with van der Waals surface area (Å²) in [7, 11) is 0. The highest BCUT2D eigenvalue weighted by atomic mass is 15.2. The lowest BCUT2D eigenvalue weighted by Crippen LogP contribution is -2.16. The van der Waals surface area contributed by atoms with E-state index in [2.05, 4.69) is 180 Å². The standard InChI is InChI=1S/C42H32N2.6C2H6/c1-5-17-31(18-6-1)43(32-19-7-2-8-20-32)41-29-39-36-26-14-16-28-38(36)42(30-40(39)35-25-13-15-27-37(35)41)44(33-21-9-3-10-22-33)34-23-11-4-12-24-34;6*1-2/h1-3,5-11,13-30H,4,12H2;6*1-2H3. The van der Waals surface area contributed by atoms with E-state index in [1.54, 1.807) is 0 Å². The topological polar surface area (TPSA) is 6.48 Å². The van der Waals surface area contributed by atoms with Gasteiger partial charge in [-0.1, -0.05) is 198 Å². The average Bonchev–Trinajstić information content (AvgIpc) is 3.32. The van der Waals surface area contributed by atoms with E-state index >= 15 is 0 Å². The molecule has 0 heterocycles. The molecule has 0 fully saturated rings. The second-order valence-electron chi connectivity index (χ2n) is 11.3. The van der Waals surface area contributed by atoms with Crippen LogP contribution in [0.5, 0.6) is 0 Å². The first-order chi connectivity index (χ1) is 27.9. The van der Waals surface area contributed by atoms with Gasteiger partial charge in [0.05, 0.1) is 11.4 Å². The van der Waals surface area contributed by atoms with Gasteiger partial charge in [0.1, 0.15) is 0 Å². The minimum absolute atomic E-state index is 1.04. The van der Waals surface area contributed by atoms with Crippen LogP contribution < -0.4 is 9.80 Å². The van der Waals surface area contributed by atoms with Gasteiger partial charge in [-0.3, -0.25) is 0 Å². The Morgan fingerprint density at radius 2 is 0.643 bits per heavy atom. The Balaban J connectivity index is 0.000000829. The van der Waals surface area contributed by atoms with Crippen molar-refractivity contribution in [3.05, 3.63) is 176 Å². The molecular weight excluding hydrogens is 677 g/mol. The number of anilines is 5. The predicted molar refractivity (Wildman–Crippen MR) is 257 cm³/mol. The Bertz CT molecular complexity index is 2120. The van der Waals surface area contributed by atoms with Crippen molar-refractivity contribution in [1.82, 2.24) is 0 Å². The third-order valence-corrected chi connectivity index (χ3v) is 8.60. The van der Waals surface area contributed by atoms with Crippen LogP contribution >= 0.6 is 0 Å². The van der Waals surface area contributed by atoms with Crippen LogP contribution in [0.3, 0.4) is 0 Å². The molecule has 0 N–H and O–H groups in total. The van der Waals surface area contributed by atoms with Gasteiger partial charge in [-0.15, -0.1) is 0 Å². The van der Waals surface area contributed by atoms with E-state index in [-0.39, 0.29) is 0 Å². The number of allylic oxidation sites excluding steroid dienone is 3. The lowest BCUT2D eigenvalue weighted by atomic mass is 9.93. The molecule has 294 valence electrons. The molecule has 8 rings (SSSR count). The van der Waals surface area contributed by atoms with Gasteiger partial charge < -0.3 is 9.80 Å². The molecule has 0 atom stereocenters. The minimum Gasteiger partial charge on any atom is -0.310 e. The van der Waals surface area contributed by atoms with E-state index in [0.717, 1.165) is 29.9 Å². The van der Waals surface area contributed by atoms with Gasteiger partial charge in [0.2, 0.25) is 0 Å². The van der Waals surface area contributed by atoms with Gasteiger partial charge >= 0.3 is 0 Å². The fourth-order valence-electron chi connectivity index (χ4n) is 6.63.